The summed E-state index contributed by atoms with van der Waals surface area (Å²) in [6.07, 6.45) is 0.505. The van der Waals surface area contributed by atoms with Crippen LogP contribution < -0.4 is 5.73 Å². The fourth-order valence-corrected chi connectivity index (χ4v) is 3.38. The molecule has 1 unspecified atom stereocenters. The first kappa shape index (κ1) is 17.1. The molecule has 1 heterocycles. The van der Waals surface area contributed by atoms with Crippen molar-refractivity contribution >= 4 is 27.3 Å². The summed E-state index contributed by atoms with van der Waals surface area (Å²) in [6, 6.07) is 2.14. The van der Waals surface area contributed by atoms with Gasteiger partial charge in [-0.05, 0) is 36.0 Å². The Morgan fingerprint density at radius 1 is 1.47 bits per heavy atom. The van der Waals surface area contributed by atoms with Crippen molar-refractivity contribution in [3.05, 3.63) is 20.8 Å². The molecule has 6 heteroatoms. The normalized spacial score (nSPS) is 15.2. The van der Waals surface area contributed by atoms with Crippen LogP contribution >= 0.6 is 27.3 Å². The number of hydrogen-bond donors (Lipinski definition) is 1. The Labute approximate surface area is 128 Å². The molecule has 1 rings (SSSR count). The van der Waals surface area contributed by atoms with Gasteiger partial charge in [-0.2, -0.15) is 0 Å². The van der Waals surface area contributed by atoms with Gasteiger partial charge in [0.1, 0.15) is 0 Å². The average molecular weight is 351 g/mol. The van der Waals surface area contributed by atoms with Gasteiger partial charge in [0, 0.05) is 54.0 Å². The predicted octanol–water partition coefficient (Wildman–Crippen LogP) is 2.67. The lowest BCUT2D eigenvalue weighted by Crippen LogP contribution is -2.51. The molecule has 1 atom stereocenters. The topological polar surface area (TPSA) is 47.7 Å². The Morgan fingerprint density at radius 2 is 2.11 bits per heavy atom. The van der Waals surface area contributed by atoms with Crippen molar-refractivity contribution in [2.24, 2.45) is 5.73 Å². The minimum absolute atomic E-state index is 0.160. The van der Waals surface area contributed by atoms with E-state index >= 15 is 0 Å². The van der Waals surface area contributed by atoms with Crippen molar-refractivity contribution < 1.29 is 9.47 Å². The second-order valence-corrected chi connectivity index (χ2v) is 6.80. The lowest BCUT2D eigenvalue weighted by Gasteiger charge is -2.39. The van der Waals surface area contributed by atoms with Crippen LogP contribution in [0.4, 0.5) is 0 Å². The summed E-state index contributed by atoms with van der Waals surface area (Å²) in [5.74, 6) is 0. The van der Waals surface area contributed by atoms with E-state index in [0.29, 0.717) is 6.54 Å². The minimum Gasteiger partial charge on any atom is -0.356 e. The van der Waals surface area contributed by atoms with Gasteiger partial charge in [0.25, 0.3) is 0 Å². The summed E-state index contributed by atoms with van der Waals surface area (Å²) >= 11 is 5.22. The highest BCUT2D eigenvalue weighted by Crippen LogP contribution is 2.26. The van der Waals surface area contributed by atoms with Crippen LogP contribution in [-0.4, -0.2) is 44.5 Å². The fraction of sp³-hybridized carbons (Fsp3) is 0.692. The van der Waals surface area contributed by atoms with E-state index in [1.165, 1.54) is 4.88 Å². The molecule has 0 amide bonds. The molecule has 0 aliphatic carbocycles. The van der Waals surface area contributed by atoms with Crippen LogP contribution in [0.15, 0.2) is 15.9 Å². The van der Waals surface area contributed by atoms with Crippen LogP contribution in [0.2, 0.25) is 0 Å². The first-order valence-electron chi connectivity index (χ1n) is 6.15. The van der Waals surface area contributed by atoms with Crippen LogP contribution in [0.25, 0.3) is 0 Å². The first-order chi connectivity index (χ1) is 8.95. The van der Waals surface area contributed by atoms with Gasteiger partial charge in [0.15, 0.2) is 6.29 Å². The number of halogens is 1. The SMILES string of the molecule is COC(CC(C)(CN)N(C)Cc1cc(Br)cs1)OC. The molecule has 0 aliphatic heterocycles. The van der Waals surface area contributed by atoms with Crippen molar-refractivity contribution in [3.8, 4) is 0 Å². The molecule has 1 aromatic rings. The number of thiophene rings is 1. The number of ether oxygens (including phenoxy) is 2. The molecule has 0 saturated carbocycles. The molecular weight excluding hydrogens is 328 g/mol. The van der Waals surface area contributed by atoms with Gasteiger partial charge in [0.05, 0.1) is 0 Å². The van der Waals surface area contributed by atoms with Gasteiger partial charge < -0.3 is 15.2 Å². The summed E-state index contributed by atoms with van der Waals surface area (Å²) in [5, 5.41) is 2.09. The Balaban J connectivity index is 2.70. The number of nitrogens with zero attached hydrogens (tertiary/aromatic N) is 1. The zero-order chi connectivity index (χ0) is 14.5. The highest BCUT2D eigenvalue weighted by atomic mass is 79.9. The standard InChI is InChI=1S/C13H23BrN2O2S/c1-13(9-15,6-12(17-3)18-4)16(2)7-11-5-10(14)8-19-11/h5,8,12H,6-7,9,15H2,1-4H3. The van der Waals surface area contributed by atoms with Gasteiger partial charge in [0.2, 0.25) is 0 Å². The van der Waals surface area contributed by atoms with E-state index in [0.717, 1.165) is 17.4 Å². The molecule has 2 N–H and O–H groups in total. The molecule has 0 aromatic carbocycles. The number of likely N-dealkylation sites (N-methyl/N-ethyl adjacent to an activating group) is 1. The molecule has 110 valence electrons. The van der Waals surface area contributed by atoms with Crippen LogP contribution in [0.5, 0.6) is 0 Å². The van der Waals surface area contributed by atoms with Crippen molar-refractivity contribution in [1.82, 2.24) is 4.90 Å². The summed E-state index contributed by atoms with van der Waals surface area (Å²) in [4.78, 5) is 3.57. The molecule has 0 bridgehead atoms. The Hall–Kier alpha value is 0.0200. The third-order valence-electron chi connectivity index (χ3n) is 3.51. The third-order valence-corrected chi connectivity index (χ3v) is 5.19. The second kappa shape index (κ2) is 7.71. The quantitative estimate of drug-likeness (QED) is 0.732. The largest absolute Gasteiger partial charge is 0.356 e. The summed E-state index contributed by atoms with van der Waals surface area (Å²) in [7, 11) is 5.39. The second-order valence-electron chi connectivity index (χ2n) is 4.89. The first-order valence-corrected chi connectivity index (χ1v) is 7.82. The van der Waals surface area contributed by atoms with E-state index in [9.17, 15) is 0 Å². The van der Waals surface area contributed by atoms with E-state index < -0.39 is 0 Å². The van der Waals surface area contributed by atoms with Crippen LogP contribution in [0.3, 0.4) is 0 Å². The van der Waals surface area contributed by atoms with Crippen molar-refractivity contribution in [2.75, 3.05) is 27.8 Å². The van der Waals surface area contributed by atoms with Gasteiger partial charge >= 0.3 is 0 Å². The maximum Gasteiger partial charge on any atom is 0.158 e. The molecule has 0 fully saturated rings. The highest BCUT2D eigenvalue weighted by Gasteiger charge is 2.31. The Morgan fingerprint density at radius 3 is 2.53 bits per heavy atom. The molecule has 0 aliphatic rings. The van der Waals surface area contributed by atoms with Gasteiger partial charge in [-0.25, -0.2) is 0 Å². The lowest BCUT2D eigenvalue weighted by atomic mass is 9.95. The minimum atomic E-state index is -0.230. The molecule has 4 nitrogen and oxygen atoms in total. The van der Waals surface area contributed by atoms with Gasteiger partial charge in [-0.3, -0.25) is 4.90 Å². The number of nitrogens with two attached hydrogens (primary N) is 1. The van der Waals surface area contributed by atoms with Crippen LogP contribution in [0, 0.1) is 0 Å². The van der Waals surface area contributed by atoms with E-state index in [-0.39, 0.29) is 11.8 Å². The van der Waals surface area contributed by atoms with Crippen molar-refractivity contribution in [2.45, 2.75) is 31.7 Å². The molecular formula is C13H23BrN2O2S. The zero-order valence-electron chi connectivity index (χ0n) is 12.0. The van der Waals surface area contributed by atoms with Crippen molar-refractivity contribution in [1.29, 1.82) is 0 Å². The summed E-state index contributed by atoms with van der Waals surface area (Å²) in [6.45, 7) is 3.56. The monoisotopic (exact) mass is 350 g/mol. The van der Waals surface area contributed by atoms with Crippen molar-refractivity contribution in [3.63, 3.8) is 0 Å². The van der Waals surface area contributed by atoms with Crippen LogP contribution in [0.1, 0.15) is 18.2 Å². The third kappa shape index (κ3) is 4.81. The smallest absolute Gasteiger partial charge is 0.158 e. The molecule has 0 radical (unpaired) electrons. The Bertz CT molecular complexity index is 384. The van der Waals surface area contributed by atoms with Gasteiger partial charge in [-0.1, -0.05) is 0 Å². The summed E-state index contributed by atoms with van der Waals surface area (Å²) in [5.41, 5.74) is 5.81. The maximum atomic E-state index is 5.97. The fourth-order valence-electron chi connectivity index (χ4n) is 1.88. The summed E-state index contributed by atoms with van der Waals surface area (Å²) < 4.78 is 11.7. The van der Waals surface area contributed by atoms with E-state index in [4.69, 9.17) is 15.2 Å². The predicted molar refractivity (Wildman–Crippen MR) is 83.4 cm³/mol. The number of rotatable bonds is 8. The molecule has 0 saturated heterocycles. The van der Waals surface area contributed by atoms with Crippen LogP contribution in [-0.2, 0) is 16.0 Å². The molecule has 1 aromatic heterocycles. The number of hydrogen-bond acceptors (Lipinski definition) is 5. The maximum absolute atomic E-state index is 5.97. The van der Waals surface area contributed by atoms with E-state index in [2.05, 4.69) is 46.2 Å². The molecule has 19 heavy (non-hydrogen) atoms. The highest BCUT2D eigenvalue weighted by molar-refractivity contribution is 9.10. The Kier molecular flexibility index (Phi) is 6.93. The van der Waals surface area contributed by atoms with E-state index in [1.807, 2.05) is 0 Å². The average Bonchev–Trinajstić information content (AvgIpc) is 2.81. The number of methoxy groups -OCH3 is 2. The van der Waals surface area contributed by atoms with Gasteiger partial charge in [-0.15, -0.1) is 11.3 Å². The molecule has 0 spiro atoms. The lowest BCUT2D eigenvalue weighted by molar-refractivity contribution is -0.127. The van der Waals surface area contributed by atoms with E-state index in [1.54, 1.807) is 25.6 Å². The zero-order valence-corrected chi connectivity index (χ0v) is 14.4.